The Balaban J connectivity index is 1.71. The van der Waals surface area contributed by atoms with Crippen LogP contribution in [-0.2, 0) is 4.74 Å². The molecule has 0 aromatic heterocycles. The van der Waals surface area contributed by atoms with E-state index in [1.807, 2.05) is 6.07 Å². The SMILES string of the molecule is CC1(C)OC(=O)NC1c1cccc(NC(=O)Nc2ccc(F)c(Cl)c2)c1. The van der Waals surface area contributed by atoms with Crippen molar-refractivity contribution in [1.82, 2.24) is 5.32 Å². The summed E-state index contributed by atoms with van der Waals surface area (Å²) in [7, 11) is 0. The number of hydrogen-bond acceptors (Lipinski definition) is 3. The molecule has 26 heavy (non-hydrogen) atoms. The van der Waals surface area contributed by atoms with Crippen LogP contribution in [0.4, 0.5) is 25.4 Å². The van der Waals surface area contributed by atoms with E-state index in [4.69, 9.17) is 16.3 Å². The fourth-order valence-corrected chi connectivity index (χ4v) is 2.95. The van der Waals surface area contributed by atoms with Crippen molar-refractivity contribution in [2.45, 2.75) is 25.5 Å². The number of halogens is 2. The summed E-state index contributed by atoms with van der Waals surface area (Å²) in [5.41, 5.74) is 0.985. The van der Waals surface area contributed by atoms with Crippen molar-refractivity contribution >= 4 is 35.1 Å². The van der Waals surface area contributed by atoms with Crippen LogP contribution in [0.15, 0.2) is 42.5 Å². The van der Waals surface area contributed by atoms with Crippen LogP contribution in [0.5, 0.6) is 0 Å². The lowest BCUT2D eigenvalue weighted by Gasteiger charge is -2.24. The van der Waals surface area contributed by atoms with Gasteiger partial charge in [0.25, 0.3) is 0 Å². The third-order valence-electron chi connectivity index (χ3n) is 3.97. The second-order valence-corrected chi connectivity index (χ2v) is 6.81. The second-order valence-electron chi connectivity index (χ2n) is 6.40. The molecule has 0 radical (unpaired) electrons. The summed E-state index contributed by atoms with van der Waals surface area (Å²) in [5.74, 6) is -0.561. The number of hydrogen-bond donors (Lipinski definition) is 3. The summed E-state index contributed by atoms with van der Waals surface area (Å²) < 4.78 is 18.4. The fourth-order valence-electron chi connectivity index (χ4n) is 2.77. The molecule has 1 saturated heterocycles. The van der Waals surface area contributed by atoms with Gasteiger partial charge in [-0.1, -0.05) is 23.7 Å². The standard InChI is InChI=1S/C18H17ClFN3O3/c1-18(2)15(23-17(25)26-18)10-4-3-5-11(8-10)21-16(24)22-12-6-7-14(20)13(19)9-12/h3-9,15H,1-2H3,(H,23,25)(H2,21,22,24). The van der Waals surface area contributed by atoms with Crippen molar-refractivity contribution in [1.29, 1.82) is 0 Å². The Kier molecular flexibility index (Phi) is 4.73. The molecule has 1 aliphatic rings. The summed E-state index contributed by atoms with van der Waals surface area (Å²) >= 11 is 5.70. The number of ether oxygens (including phenoxy) is 1. The molecule has 3 N–H and O–H groups in total. The van der Waals surface area contributed by atoms with Crippen LogP contribution in [-0.4, -0.2) is 17.7 Å². The number of carbonyl (C=O) groups is 2. The molecule has 3 amide bonds. The monoisotopic (exact) mass is 377 g/mol. The van der Waals surface area contributed by atoms with Gasteiger partial charge in [-0.05, 0) is 49.7 Å². The Labute approximate surface area is 154 Å². The van der Waals surface area contributed by atoms with E-state index in [-0.39, 0.29) is 11.1 Å². The summed E-state index contributed by atoms with van der Waals surface area (Å²) in [4.78, 5) is 23.6. The highest BCUT2D eigenvalue weighted by Crippen LogP contribution is 2.34. The van der Waals surface area contributed by atoms with Crippen LogP contribution in [0, 0.1) is 5.82 Å². The lowest BCUT2D eigenvalue weighted by Crippen LogP contribution is -2.30. The summed E-state index contributed by atoms with van der Waals surface area (Å²) in [6.07, 6.45) is -0.482. The van der Waals surface area contributed by atoms with Crippen LogP contribution in [0.1, 0.15) is 25.5 Å². The Bertz CT molecular complexity index is 873. The molecule has 0 saturated carbocycles. The highest BCUT2D eigenvalue weighted by atomic mass is 35.5. The predicted octanol–water partition coefficient (Wildman–Crippen LogP) is 4.68. The van der Waals surface area contributed by atoms with Crippen molar-refractivity contribution in [2.75, 3.05) is 10.6 Å². The van der Waals surface area contributed by atoms with Crippen molar-refractivity contribution in [2.24, 2.45) is 0 Å². The van der Waals surface area contributed by atoms with E-state index in [0.717, 1.165) is 5.56 Å². The summed E-state index contributed by atoms with van der Waals surface area (Å²) in [6, 6.07) is 10.1. The molecule has 1 heterocycles. The number of cyclic esters (lactones) is 1. The van der Waals surface area contributed by atoms with Gasteiger partial charge in [0, 0.05) is 11.4 Å². The zero-order chi connectivity index (χ0) is 18.9. The van der Waals surface area contributed by atoms with Crippen molar-refractivity contribution in [3.63, 3.8) is 0 Å². The molecule has 2 aromatic rings. The third kappa shape index (κ3) is 3.88. The number of benzene rings is 2. The number of rotatable bonds is 3. The minimum Gasteiger partial charge on any atom is -0.441 e. The van der Waals surface area contributed by atoms with Gasteiger partial charge in [-0.2, -0.15) is 0 Å². The van der Waals surface area contributed by atoms with Gasteiger partial charge in [-0.3, -0.25) is 0 Å². The number of nitrogens with one attached hydrogen (secondary N) is 3. The largest absolute Gasteiger partial charge is 0.441 e. The molecule has 8 heteroatoms. The van der Waals surface area contributed by atoms with E-state index in [1.54, 1.807) is 32.0 Å². The van der Waals surface area contributed by atoms with Gasteiger partial charge < -0.3 is 20.7 Å². The minimum atomic E-state index is -0.706. The Morgan fingerprint density at radius 2 is 1.88 bits per heavy atom. The van der Waals surface area contributed by atoms with E-state index >= 15 is 0 Å². The maximum absolute atomic E-state index is 13.2. The zero-order valence-electron chi connectivity index (χ0n) is 14.1. The minimum absolute atomic E-state index is 0.0796. The quantitative estimate of drug-likeness (QED) is 0.726. The van der Waals surface area contributed by atoms with Crippen LogP contribution in [0.2, 0.25) is 5.02 Å². The van der Waals surface area contributed by atoms with Gasteiger partial charge in [0.2, 0.25) is 0 Å². The molecular formula is C18H17ClFN3O3. The average molecular weight is 378 g/mol. The van der Waals surface area contributed by atoms with E-state index in [9.17, 15) is 14.0 Å². The van der Waals surface area contributed by atoms with E-state index in [1.165, 1.54) is 18.2 Å². The van der Waals surface area contributed by atoms with Crippen LogP contribution in [0.3, 0.4) is 0 Å². The molecule has 0 bridgehead atoms. The molecule has 6 nitrogen and oxygen atoms in total. The van der Waals surface area contributed by atoms with Crippen molar-refractivity contribution in [3.05, 3.63) is 58.9 Å². The smallest absolute Gasteiger partial charge is 0.408 e. The molecule has 1 unspecified atom stereocenters. The first-order valence-electron chi connectivity index (χ1n) is 7.87. The van der Waals surface area contributed by atoms with Crippen molar-refractivity contribution in [3.8, 4) is 0 Å². The van der Waals surface area contributed by atoms with Gasteiger partial charge in [-0.15, -0.1) is 0 Å². The number of carbonyl (C=O) groups excluding carboxylic acids is 2. The Morgan fingerprint density at radius 3 is 2.50 bits per heavy atom. The Hall–Kier alpha value is -2.80. The van der Waals surface area contributed by atoms with Gasteiger partial charge in [0.05, 0.1) is 11.1 Å². The normalized spacial score (nSPS) is 18.0. The average Bonchev–Trinajstić information content (AvgIpc) is 2.83. The molecule has 0 spiro atoms. The fraction of sp³-hybridized carbons (Fsp3) is 0.222. The topological polar surface area (TPSA) is 79.5 Å². The van der Waals surface area contributed by atoms with Crippen molar-refractivity contribution < 1.29 is 18.7 Å². The maximum Gasteiger partial charge on any atom is 0.408 e. The van der Waals surface area contributed by atoms with E-state index in [0.29, 0.717) is 11.4 Å². The van der Waals surface area contributed by atoms with Crippen LogP contribution < -0.4 is 16.0 Å². The number of amides is 3. The molecule has 1 atom stereocenters. The molecule has 2 aromatic carbocycles. The first-order chi connectivity index (χ1) is 12.2. The number of anilines is 2. The second kappa shape index (κ2) is 6.84. The van der Waals surface area contributed by atoms with Gasteiger partial charge >= 0.3 is 12.1 Å². The molecule has 136 valence electrons. The first-order valence-corrected chi connectivity index (χ1v) is 8.25. The maximum atomic E-state index is 13.2. The number of alkyl carbamates (subject to hydrolysis) is 1. The summed E-state index contributed by atoms with van der Waals surface area (Å²) in [6.45, 7) is 3.61. The molecule has 3 rings (SSSR count). The number of urea groups is 1. The highest BCUT2D eigenvalue weighted by molar-refractivity contribution is 6.31. The van der Waals surface area contributed by atoms with E-state index in [2.05, 4.69) is 16.0 Å². The molecule has 1 aliphatic heterocycles. The van der Waals surface area contributed by atoms with Gasteiger partial charge in [0.1, 0.15) is 11.4 Å². The predicted molar refractivity (Wildman–Crippen MR) is 96.9 cm³/mol. The molecule has 0 aliphatic carbocycles. The molecule has 1 fully saturated rings. The zero-order valence-corrected chi connectivity index (χ0v) is 14.9. The van der Waals surface area contributed by atoms with Crippen LogP contribution >= 0.6 is 11.6 Å². The van der Waals surface area contributed by atoms with Gasteiger partial charge in [0.15, 0.2) is 0 Å². The lowest BCUT2D eigenvalue weighted by molar-refractivity contribution is 0.0684. The Morgan fingerprint density at radius 1 is 1.19 bits per heavy atom. The highest BCUT2D eigenvalue weighted by Gasteiger charge is 2.42. The molecular weight excluding hydrogens is 361 g/mol. The lowest BCUT2D eigenvalue weighted by atomic mass is 9.92. The summed E-state index contributed by atoms with van der Waals surface area (Å²) in [5, 5.41) is 7.93. The third-order valence-corrected chi connectivity index (χ3v) is 4.26. The van der Waals surface area contributed by atoms with Crippen LogP contribution in [0.25, 0.3) is 0 Å². The first kappa shape index (κ1) is 18.0. The van der Waals surface area contributed by atoms with E-state index < -0.39 is 23.5 Å². The van der Waals surface area contributed by atoms with Gasteiger partial charge in [-0.25, -0.2) is 14.0 Å².